The molecule has 1 rings (SSSR count). The van der Waals surface area contributed by atoms with Crippen LogP contribution in [0.2, 0.25) is 0 Å². The van der Waals surface area contributed by atoms with Gasteiger partial charge in [0.15, 0.2) is 0 Å². The van der Waals surface area contributed by atoms with Gasteiger partial charge in [0.25, 0.3) is 0 Å². The fraction of sp³-hybridized carbons (Fsp3) is 0.556. The van der Waals surface area contributed by atoms with Gasteiger partial charge in [0.1, 0.15) is 11.6 Å². The Morgan fingerprint density at radius 2 is 2.31 bits per heavy atom. The summed E-state index contributed by atoms with van der Waals surface area (Å²) in [5, 5.41) is 0. The molecule has 1 aromatic rings. The van der Waals surface area contributed by atoms with E-state index in [0.717, 1.165) is 24.6 Å². The van der Waals surface area contributed by atoms with Crippen molar-refractivity contribution in [3.8, 4) is 0 Å². The monoisotopic (exact) mass is 180 g/mol. The fourth-order valence-corrected chi connectivity index (χ4v) is 1.10. The summed E-state index contributed by atoms with van der Waals surface area (Å²) in [6, 6.07) is 1.91. The van der Waals surface area contributed by atoms with E-state index in [4.69, 9.17) is 5.73 Å². The second kappa shape index (κ2) is 4.77. The molecule has 0 unspecified atom stereocenters. The molecule has 1 aromatic heterocycles. The van der Waals surface area contributed by atoms with Gasteiger partial charge >= 0.3 is 0 Å². The summed E-state index contributed by atoms with van der Waals surface area (Å²) in [4.78, 5) is 10.4. The number of aryl methyl sites for hydroxylation is 1. The summed E-state index contributed by atoms with van der Waals surface area (Å²) in [5.74, 6) is 1.76. The van der Waals surface area contributed by atoms with Crippen LogP contribution in [0.3, 0.4) is 0 Å². The Hall–Kier alpha value is -1.16. The zero-order valence-corrected chi connectivity index (χ0v) is 8.20. The maximum atomic E-state index is 5.43. The highest BCUT2D eigenvalue weighted by Crippen LogP contribution is 2.06. The molecular weight excluding hydrogens is 164 g/mol. The minimum absolute atomic E-state index is 0.717. The van der Waals surface area contributed by atoms with E-state index >= 15 is 0 Å². The molecule has 0 saturated carbocycles. The van der Waals surface area contributed by atoms with E-state index < -0.39 is 0 Å². The number of hydrogen-bond donors (Lipinski definition) is 1. The van der Waals surface area contributed by atoms with Crippen LogP contribution in [-0.2, 0) is 0 Å². The summed E-state index contributed by atoms with van der Waals surface area (Å²) in [7, 11) is 2.01. The summed E-state index contributed by atoms with van der Waals surface area (Å²) >= 11 is 0. The molecule has 13 heavy (non-hydrogen) atoms. The predicted molar refractivity (Wildman–Crippen MR) is 53.7 cm³/mol. The molecule has 0 aliphatic rings. The average Bonchev–Trinajstić information content (AvgIpc) is 2.14. The predicted octanol–water partition coefficient (Wildman–Crippen LogP) is 0.570. The van der Waals surface area contributed by atoms with Gasteiger partial charge < -0.3 is 10.6 Å². The van der Waals surface area contributed by atoms with Crippen molar-refractivity contribution in [3.05, 3.63) is 18.1 Å². The highest BCUT2D eigenvalue weighted by Gasteiger charge is 2.00. The minimum Gasteiger partial charge on any atom is -0.360 e. The summed E-state index contributed by atoms with van der Waals surface area (Å²) in [6.45, 7) is 3.54. The lowest BCUT2D eigenvalue weighted by Gasteiger charge is -2.17. The fourth-order valence-electron chi connectivity index (χ4n) is 1.10. The highest BCUT2D eigenvalue weighted by atomic mass is 15.2. The summed E-state index contributed by atoms with van der Waals surface area (Å²) < 4.78 is 0. The van der Waals surface area contributed by atoms with E-state index in [9.17, 15) is 0 Å². The normalized spacial score (nSPS) is 10.1. The molecule has 0 aliphatic carbocycles. The maximum absolute atomic E-state index is 5.43. The number of aromatic nitrogens is 2. The average molecular weight is 180 g/mol. The lowest BCUT2D eigenvalue weighted by Crippen LogP contribution is -2.22. The van der Waals surface area contributed by atoms with E-state index in [0.29, 0.717) is 6.54 Å². The molecule has 4 heteroatoms. The van der Waals surface area contributed by atoms with Crippen molar-refractivity contribution >= 4 is 5.82 Å². The van der Waals surface area contributed by atoms with Crippen LogP contribution in [0.4, 0.5) is 5.82 Å². The summed E-state index contributed by atoms with van der Waals surface area (Å²) in [5.41, 5.74) is 5.43. The lowest BCUT2D eigenvalue weighted by molar-refractivity contribution is 0.782. The number of nitrogens with zero attached hydrogens (tertiary/aromatic N) is 3. The molecule has 0 aliphatic heterocycles. The molecule has 0 bridgehead atoms. The minimum atomic E-state index is 0.717. The Morgan fingerprint density at radius 3 is 2.92 bits per heavy atom. The van der Waals surface area contributed by atoms with Gasteiger partial charge in [0.05, 0.1) is 0 Å². The first-order valence-electron chi connectivity index (χ1n) is 4.45. The second-order valence-electron chi connectivity index (χ2n) is 3.03. The van der Waals surface area contributed by atoms with E-state index in [2.05, 4.69) is 14.9 Å². The van der Waals surface area contributed by atoms with Crippen LogP contribution in [-0.4, -0.2) is 30.1 Å². The van der Waals surface area contributed by atoms with Crippen molar-refractivity contribution in [2.24, 2.45) is 5.73 Å². The SMILES string of the molecule is Cc1nccc(N(C)CCCN)n1. The third-order valence-corrected chi connectivity index (χ3v) is 1.85. The molecule has 0 amide bonds. The number of hydrogen-bond acceptors (Lipinski definition) is 4. The van der Waals surface area contributed by atoms with Crippen LogP contribution < -0.4 is 10.6 Å². The largest absolute Gasteiger partial charge is 0.360 e. The Labute approximate surface area is 78.8 Å². The van der Waals surface area contributed by atoms with Gasteiger partial charge in [-0.2, -0.15) is 0 Å². The molecular formula is C9H16N4. The van der Waals surface area contributed by atoms with Crippen molar-refractivity contribution in [2.75, 3.05) is 25.0 Å². The van der Waals surface area contributed by atoms with Gasteiger partial charge in [-0.3, -0.25) is 0 Å². The van der Waals surface area contributed by atoms with Crippen molar-refractivity contribution in [1.29, 1.82) is 0 Å². The van der Waals surface area contributed by atoms with Gasteiger partial charge in [-0.25, -0.2) is 9.97 Å². The number of nitrogens with two attached hydrogens (primary N) is 1. The van der Waals surface area contributed by atoms with Crippen LogP contribution in [0.5, 0.6) is 0 Å². The topological polar surface area (TPSA) is 55.0 Å². The molecule has 0 saturated heterocycles. The van der Waals surface area contributed by atoms with E-state index in [1.54, 1.807) is 6.20 Å². The molecule has 72 valence electrons. The summed E-state index contributed by atoms with van der Waals surface area (Å²) in [6.07, 6.45) is 2.76. The van der Waals surface area contributed by atoms with Crippen molar-refractivity contribution in [1.82, 2.24) is 9.97 Å². The number of rotatable bonds is 4. The Balaban J connectivity index is 2.60. The van der Waals surface area contributed by atoms with Gasteiger partial charge in [-0.05, 0) is 26.0 Å². The van der Waals surface area contributed by atoms with Crippen molar-refractivity contribution in [2.45, 2.75) is 13.3 Å². The van der Waals surface area contributed by atoms with Crippen LogP contribution in [0.1, 0.15) is 12.2 Å². The van der Waals surface area contributed by atoms with Gasteiger partial charge in [-0.1, -0.05) is 0 Å². The lowest BCUT2D eigenvalue weighted by atomic mass is 10.4. The molecule has 4 nitrogen and oxygen atoms in total. The molecule has 1 heterocycles. The molecule has 0 radical (unpaired) electrons. The van der Waals surface area contributed by atoms with Crippen LogP contribution >= 0.6 is 0 Å². The van der Waals surface area contributed by atoms with Crippen LogP contribution in [0.25, 0.3) is 0 Å². The van der Waals surface area contributed by atoms with Crippen molar-refractivity contribution in [3.63, 3.8) is 0 Å². The first-order chi connectivity index (χ1) is 6.24. The number of anilines is 1. The van der Waals surface area contributed by atoms with Crippen molar-refractivity contribution < 1.29 is 0 Å². The maximum Gasteiger partial charge on any atom is 0.131 e. The van der Waals surface area contributed by atoms with E-state index in [-0.39, 0.29) is 0 Å². The van der Waals surface area contributed by atoms with Crippen LogP contribution in [0.15, 0.2) is 12.3 Å². The molecule has 0 fully saturated rings. The van der Waals surface area contributed by atoms with Gasteiger partial charge in [0, 0.05) is 19.8 Å². The molecule has 0 spiro atoms. The third-order valence-electron chi connectivity index (χ3n) is 1.85. The first kappa shape index (κ1) is 9.92. The van der Waals surface area contributed by atoms with E-state index in [1.807, 2.05) is 20.0 Å². The third kappa shape index (κ3) is 2.99. The molecule has 0 aromatic carbocycles. The zero-order valence-electron chi connectivity index (χ0n) is 8.20. The standard InChI is InChI=1S/C9H16N4/c1-8-11-6-4-9(12-8)13(2)7-3-5-10/h4,6H,3,5,7,10H2,1-2H3. The quantitative estimate of drug-likeness (QED) is 0.736. The Morgan fingerprint density at radius 1 is 1.54 bits per heavy atom. The zero-order chi connectivity index (χ0) is 9.68. The molecule has 0 atom stereocenters. The molecule has 2 N–H and O–H groups in total. The smallest absolute Gasteiger partial charge is 0.131 e. The first-order valence-corrected chi connectivity index (χ1v) is 4.45. The van der Waals surface area contributed by atoms with E-state index in [1.165, 1.54) is 0 Å². The Kier molecular flexibility index (Phi) is 3.64. The van der Waals surface area contributed by atoms with Gasteiger partial charge in [-0.15, -0.1) is 0 Å². The second-order valence-corrected chi connectivity index (χ2v) is 3.03. The Bertz CT molecular complexity index is 262. The highest BCUT2D eigenvalue weighted by molar-refractivity contribution is 5.35. The van der Waals surface area contributed by atoms with Gasteiger partial charge in [0.2, 0.25) is 0 Å². The van der Waals surface area contributed by atoms with Crippen LogP contribution in [0, 0.1) is 6.92 Å².